The molecule has 0 aromatic carbocycles. The largest absolute Gasteiger partial charge is 0.362 e. The summed E-state index contributed by atoms with van der Waals surface area (Å²) < 4.78 is 0.0833. The maximum absolute atomic E-state index is 4.68. The van der Waals surface area contributed by atoms with Gasteiger partial charge in [-0.15, -0.1) is 0 Å². The average molecular weight is 264 g/mol. The van der Waals surface area contributed by atoms with Gasteiger partial charge >= 0.3 is 0 Å². The van der Waals surface area contributed by atoms with Crippen molar-refractivity contribution in [1.29, 1.82) is 0 Å². The summed E-state index contributed by atoms with van der Waals surface area (Å²) in [6, 6.07) is 0.678. The summed E-state index contributed by atoms with van der Waals surface area (Å²) in [6.07, 6.45) is 5.68. The van der Waals surface area contributed by atoms with Gasteiger partial charge in [-0.1, -0.05) is 38.6 Å². The molecule has 2 saturated carbocycles. The molecule has 0 amide bonds. The molecule has 3 unspecified atom stereocenters. The zero-order valence-electron chi connectivity index (χ0n) is 11.7. The molecule has 2 fully saturated rings. The van der Waals surface area contributed by atoms with E-state index in [2.05, 4.69) is 37.7 Å². The molecule has 3 heteroatoms. The third-order valence-corrected chi connectivity index (χ3v) is 6.80. The molecule has 2 aliphatic carbocycles. The van der Waals surface area contributed by atoms with E-state index >= 15 is 0 Å². The van der Waals surface area contributed by atoms with Crippen molar-refractivity contribution in [1.82, 2.24) is 5.32 Å². The van der Waals surface area contributed by atoms with Crippen molar-refractivity contribution in [3.63, 3.8) is 0 Å². The summed E-state index contributed by atoms with van der Waals surface area (Å²) in [5.74, 6) is 2.45. The summed E-state index contributed by atoms with van der Waals surface area (Å²) >= 11 is 1.88. The van der Waals surface area contributed by atoms with E-state index in [0.29, 0.717) is 12.0 Å². The van der Waals surface area contributed by atoms with Gasteiger partial charge in [0.2, 0.25) is 0 Å². The second kappa shape index (κ2) is 4.29. The van der Waals surface area contributed by atoms with Crippen LogP contribution in [0.4, 0.5) is 0 Å². The van der Waals surface area contributed by atoms with Crippen molar-refractivity contribution in [2.24, 2.45) is 22.7 Å². The normalized spacial score (nSPS) is 42.8. The summed E-state index contributed by atoms with van der Waals surface area (Å²) in [7, 11) is 0. The van der Waals surface area contributed by atoms with Gasteiger partial charge in [0.15, 0.2) is 5.17 Å². The quantitative estimate of drug-likeness (QED) is 0.820. The van der Waals surface area contributed by atoms with Crippen LogP contribution in [0.15, 0.2) is 17.3 Å². The Kier molecular flexibility index (Phi) is 3.00. The van der Waals surface area contributed by atoms with Gasteiger partial charge in [-0.2, -0.15) is 0 Å². The van der Waals surface area contributed by atoms with Gasteiger partial charge in [-0.05, 0) is 43.9 Å². The van der Waals surface area contributed by atoms with Gasteiger partial charge in [0.1, 0.15) is 0 Å². The Balaban J connectivity index is 1.65. The predicted octanol–water partition coefficient (Wildman–Crippen LogP) is 3.80. The standard InChI is InChI=1S/C15H24N2S/c1-9(2)15(4)10(3)16-14(18-15)17-13-8-11-5-6-12(13)7-11/h9,11-13H,3,5-8H2,1-2,4H3,(H,16,17)/t11?,12?,13?,15-/m0/s1. The molecule has 0 radical (unpaired) electrons. The van der Waals surface area contributed by atoms with Crippen molar-refractivity contribution in [3.8, 4) is 0 Å². The van der Waals surface area contributed by atoms with E-state index in [4.69, 9.17) is 0 Å². The van der Waals surface area contributed by atoms with Crippen LogP contribution in [-0.2, 0) is 0 Å². The van der Waals surface area contributed by atoms with Crippen LogP contribution in [0.25, 0.3) is 0 Å². The molecule has 3 aliphatic rings. The van der Waals surface area contributed by atoms with Gasteiger partial charge in [0, 0.05) is 6.04 Å². The number of hydrogen-bond acceptors (Lipinski definition) is 3. The highest BCUT2D eigenvalue weighted by Gasteiger charge is 2.43. The Hall–Kier alpha value is -0.440. The van der Waals surface area contributed by atoms with Crippen LogP contribution in [0.1, 0.15) is 46.5 Å². The highest BCUT2D eigenvalue weighted by Crippen LogP contribution is 2.47. The first kappa shape index (κ1) is 12.6. The summed E-state index contributed by atoms with van der Waals surface area (Å²) in [5.41, 5.74) is 1.04. The van der Waals surface area contributed by atoms with Crippen molar-refractivity contribution in [3.05, 3.63) is 12.3 Å². The van der Waals surface area contributed by atoms with E-state index in [9.17, 15) is 0 Å². The molecule has 1 N–H and O–H groups in total. The molecule has 4 atom stereocenters. The first-order valence-electron chi connectivity index (χ1n) is 7.22. The lowest BCUT2D eigenvalue weighted by Crippen LogP contribution is -2.37. The number of aliphatic imine (C=N–C) groups is 1. The monoisotopic (exact) mass is 264 g/mol. The third-order valence-electron chi connectivity index (χ3n) is 5.27. The lowest BCUT2D eigenvalue weighted by atomic mass is 9.94. The number of amidine groups is 1. The Morgan fingerprint density at radius 3 is 2.67 bits per heavy atom. The molecule has 3 rings (SSSR count). The Bertz CT molecular complexity index is 401. The van der Waals surface area contributed by atoms with E-state index in [1.54, 1.807) is 0 Å². The van der Waals surface area contributed by atoms with E-state index < -0.39 is 0 Å². The molecular formula is C15H24N2S. The molecule has 2 nitrogen and oxygen atoms in total. The Labute approximate surface area is 115 Å². The second-order valence-electron chi connectivity index (χ2n) is 6.65. The van der Waals surface area contributed by atoms with Gasteiger partial charge in [-0.25, -0.2) is 4.99 Å². The summed E-state index contributed by atoms with van der Waals surface area (Å²) in [4.78, 5) is 4.68. The third kappa shape index (κ3) is 1.91. The number of hydrogen-bond donors (Lipinski definition) is 1. The first-order valence-corrected chi connectivity index (χ1v) is 8.04. The van der Waals surface area contributed by atoms with Crippen LogP contribution in [0.3, 0.4) is 0 Å². The van der Waals surface area contributed by atoms with Gasteiger partial charge in [-0.3, -0.25) is 0 Å². The lowest BCUT2D eigenvalue weighted by Gasteiger charge is -2.28. The van der Waals surface area contributed by atoms with Crippen molar-refractivity contribution in [2.45, 2.75) is 57.2 Å². The SMILES string of the molecule is C=C1N=C(NC2CC3CCC2C3)S[C@@]1(C)C(C)C. The van der Waals surface area contributed by atoms with E-state index in [1.807, 2.05) is 11.8 Å². The fourth-order valence-electron chi connectivity index (χ4n) is 3.61. The fraction of sp³-hybridized carbons (Fsp3) is 0.800. The smallest absolute Gasteiger partial charge is 0.162 e. The predicted molar refractivity (Wildman–Crippen MR) is 79.8 cm³/mol. The number of rotatable bonds is 2. The topological polar surface area (TPSA) is 24.4 Å². The fourth-order valence-corrected chi connectivity index (χ4v) is 4.78. The Morgan fingerprint density at radius 1 is 1.39 bits per heavy atom. The minimum absolute atomic E-state index is 0.0833. The molecule has 1 aliphatic heterocycles. The van der Waals surface area contributed by atoms with Crippen molar-refractivity contribution < 1.29 is 0 Å². The molecule has 1 heterocycles. The number of fused-ring (bicyclic) bond motifs is 2. The van der Waals surface area contributed by atoms with Crippen molar-refractivity contribution in [2.75, 3.05) is 0 Å². The van der Waals surface area contributed by atoms with Gasteiger partial charge < -0.3 is 5.32 Å². The van der Waals surface area contributed by atoms with Gasteiger partial charge in [0.05, 0.1) is 10.4 Å². The molecular weight excluding hydrogens is 240 g/mol. The van der Waals surface area contributed by atoms with Crippen LogP contribution in [0.2, 0.25) is 0 Å². The van der Waals surface area contributed by atoms with E-state index in [0.717, 1.165) is 22.7 Å². The van der Waals surface area contributed by atoms with Crippen LogP contribution >= 0.6 is 11.8 Å². The average Bonchev–Trinajstić information content (AvgIpc) is 2.95. The molecule has 0 aromatic rings. The molecule has 0 saturated heterocycles. The molecule has 100 valence electrons. The summed E-state index contributed by atoms with van der Waals surface area (Å²) in [6.45, 7) is 10.9. The molecule has 0 spiro atoms. The number of nitrogens with zero attached hydrogens (tertiary/aromatic N) is 1. The summed E-state index contributed by atoms with van der Waals surface area (Å²) in [5, 5.41) is 4.82. The Morgan fingerprint density at radius 2 is 2.17 bits per heavy atom. The molecule has 0 aromatic heterocycles. The maximum Gasteiger partial charge on any atom is 0.162 e. The maximum atomic E-state index is 4.68. The number of thioether (sulfide) groups is 1. The second-order valence-corrected chi connectivity index (χ2v) is 8.09. The molecule has 2 bridgehead atoms. The van der Waals surface area contributed by atoms with Crippen molar-refractivity contribution >= 4 is 16.9 Å². The first-order chi connectivity index (χ1) is 8.49. The lowest BCUT2D eigenvalue weighted by molar-refractivity contribution is 0.392. The zero-order chi connectivity index (χ0) is 12.9. The minimum Gasteiger partial charge on any atom is -0.362 e. The van der Waals surface area contributed by atoms with Crippen LogP contribution in [0, 0.1) is 17.8 Å². The van der Waals surface area contributed by atoms with E-state index in [-0.39, 0.29) is 4.75 Å². The zero-order valence-corrected chi connectivity index (χ0v) is 12.5. The highest BCUT2D eigenvalue weighted by molar-refractivity contribution is 8.15. The van der Waals surface area contributed by atoms with Crippen LogP contribution < -0.4 is 5.32 Å². The van der Waals surface area contributed by atoms with E-state index in [1.165, 1.54) is 25.7 Å². The van der Waals surface area contributed by atoms with Crippen LogP contribution in [0.5, 0.6) is 0 Å². The molecule has 18 heavy (non-hydrogen) atoms. The number of nitrogens with one attached hydrogen (secondary N) is 1. The highest BCUT2D eigenvalue weighted by atomic mass is 32.2. The van der Waals surface area contributed by atoms with Crippen LogP contribution in [-0.4, -0.2) is 16.0 Å². The minimum atomic E-state index is 0.0833. The van der Waals surface area contributed by atoms with Gasteiger partial charge in [0.25, 0.3) is 0 Å².